The molecule has 1 aromatic heterocycles. The molecule has 0 fully saturated rings. The Morgan fingerprint density at radius 1 is 0.964 bits per heavy atom. The third-order valence-corrected chi connectivity index (χ3v) is 3.99. The van der Waals surface area contributed by atoms with Crippen molar-refractivity contribution in [3.8, 4) is 0 Å². The zero-order valence-corrected chi connectivity index (χ0v) is 14.8. The average molecular weight is 378 g/mol. The van der Waals surface area contributed by atoms with Crippen LogP contribution in [0.5, 0.6) is 0 Å². The van der Waals surface area contributed by atoms with Gasteiger partial charge in [-0.3, -0.25) is 14.6 Å². The number of carbonyl (C=O) groups excluding carboxylic acids is 2. The Hall–Kier alpha value is -3.81. The molecule has 1 atom stereocenters. The lowest BCUT2D eigenvalue weighted by atomic mass is 10.1. The summed E-state index contributed by atoms with van der Waals surface area (Å²) in [7, 11) is 0. The molecule has 0 radical (unpaired) electrons. The van der Waals surface area contributed by atoms with Gasteiger partial charge in [0, 0.05) is 18.2 Å². The lowest BCUT2D eigenvalue weighted by molar-refractivity contribution is -0.141. The molecule has 1 heterocycles. The molecule has 0 spiro atoms. The first-order chi connectivity index (χ1) is 13.5. The third-order valence-electron chi connectivity index (χ3n) is 3.99. The van der Waals surface area contributed by atoms with E-state index in [1.807, 2.05) is 12.1 Å². The third kappa shape index (κ3) is 4.88. The molecule has 0 saturated carbocycles. The number of carboxylic acid groups (broad SMARTS) is 1. The normalized spacial score (nSPS) is 11.6. The van der Waals surface area contributed by atoms with Crippen LogP contribution >= 0.6 is 0 Å². The number of carboxylic acids is 1. The van der Waals surface area contributed by atoms with Crippen LogP contribution in [0.3, 0.4) is 0 Å². The van der Waals surface area contributed by atoms with Crippen molar-refractivity contribution in [2.75, 3.05) is 6.54 Å². The number of nitrogens with one attached hydrogen (secondary N) is 2. The van der Waals surface area contributed by atoms with Gasteiger partial charge in [-0.05, 0) is 24.3 Å². The molecule has 28 heavy (non-hydrogen) atoms. The van der Waals surface area contributed by atoms with Crippen LogP contribution < -0.4 is 10.6 Å². The second-order valence-electron chi connectivity index (χ2n) is 6.06. The van der Waals surface area contributed by atoms with Gasteiger partial charge in [0.15, 0.2) is 0 Å². The molecule has 8 nitrogen and oxygen atoms in total. The molecule has 2 amide bonds. The molecule has 0 bridgehead atoms. The lowest BCUT2D eigenvalue weighted by Crippen LogP contribution is -2.46. The fraction of sp³-hybridized carbons (Fsp3) is 0.150. The predicted molar refractivity (Wildman–Crippen MR) is 102 cm³/mol. The van der Waals surface area contributed by atoms with E-state index in [0.29, 0.717) is 22.3 Å². The van der Waals surface area contributed by atoms with Crippen LogP contribution in [0.15, 0.2) is 60.8 Å². The van der Waals surface area contributed by atoms with E-state index < -0.39 is 23.8 Å². The van der Waals surface area contributed by atoms with Gasteiger partial charge < -0.3 is 15.7 Å². The van der Waals surface area contributed by atoms with Gasteiger partial charge in [0.1, 0.15) is 6.04 Å². The van der Waals surface area contributed by atoms with Crippen molar-refractivity contribution in [1.82, 2.24) is 20.6 Å². The highest BCUT2D eigenvalue weighted by Gasteiger charge is 2.21. The molecule has 3 aromatic rings. The van der Waals surface area contributed by atoms with Gasteiger partial charge >= 0.3 is 5.97 Å². The van der Waals surface area contributed by atoms with Gasteiger partial charge in [0.25, 0.3) is 5.91 Å². The predicted octanol–water partition coefficient (Wildman–Crippen LogP) is 1.17. The summed E-state index contributed by atoms with van der Waals surface area (Å²) in [5, 5.41) is 14.3. The molecular weight excluding hydrogens is 360 g/mol. The first-order valence-electron chi connectivity index (χ1n) is 8.59. The summed E-state index contributed by atoms with van der Waals surface area (Å²) in [5.41, 5.74) is 2.20. The average Bonchev–Trinajstić information content (AvgIpc) is 2.72. The zero-order chi connectivity index (χ0) is 19.9. The van der Waals surface area contributed by atoms with E-state index >= 15 is 0 Å². The van der Waals surface area contributed by atoms with Crippen molar-refractivity contribution in [1.29, 1.82) is 0 Å². The minimum atomic E-state index is -1.20. The number of benzene rings is 2. The quantitative estimate of drug-likeness (QED) is 0.567. The number of carbonyl (C=O) groups is 3. The van der Waals surface area contributed by atoms with Crippen molar-refractivity contribution in [3.05, 3.63) is 72.1 Å². The maximum absolute atomic E-state index is 12.1. The van der Waals surface area contributed by atoms with Gasteiger partial charge in [-0.15, -0.1) is 0 Å². The Morgan fingerprint density at radius 2 is 1.64 bits per heavy atom. The second-order valence-corrected chi connectivity index (χ2v) is 6.06. The maximum atomic E-state index is 12.1. The van der Waals surface area contributed by atoms with Crippen molar-refractivity contribution >= 4 is 28.8 Å². The van der Waals surface area contributed by atoms with E-state index in [2.05, 4.69) is 20.6 Å². The zero-order valence-electron chi connectivity index (χ0n) is 14.8. The number of hydrogen-bond acceptors (Lipinski definition) is 5. The summed E-state index contributed by atoms with van der Waals surface area (Å²) in [6, 6.07) is 14.5. The SMILES string of the molecule is O=C(CNC(=O)c1ccccc1)N[C@@H](Cc1cnc2ccccc2n1)C(=O)O. The maximum Gasteiger partial charge on any atom is 0.326 e. The summed E-state index contributed by atoms with van der Waals surface area (Å²) in [4.78, 5) is 44.2. The topological polar surface area (TPSA) is 121 Å². The van der Waals surface area contributed by atoms with E-state index in [0.717, 1.165) is 0 Å². The largest absolute Gasteiger partial charge is 0.480 e. The van der Waals surface area contributed by atoms with Crippen LogP contribution in [0.2, 0.25) is 0 Å². The Labute approximate surface area is 160 Å². The number of rotatable bonds is 7. The lowest BCUT2D eigenvalue weighted by Gasteiger charge is -2.14. The standard InChI is InChI=1S/C20H18N4O4/c25-18(12-22-19(26)13-6-2-1-3-7-13)24-17(20(27)28)10-14-11-21-15-8-4-5-9-16(15)23-14/h1-9,11,17H,10,12H2,(H,22,26)(H,24,25)(H,27,28)/t17-/m0/s1. The first kappa shape index (κ1) is 19.0. The van der Waals surface area contributed by atoms with E-state index in [-0.39, 0.29) is 13.0 Å². The molecule has 3 rings (SSSR count). The van der Waals surface area contributed by atoms with Crippen LogP contribution in [-0.2, 0) is 16.0 Å². The number of aromatic nitrogens is 2. The monoisotopic (exact) mass is 378 g/mol. The number of fused-ring (bicyclic) bond motifs is 1. The van der Waals surface area contributed by atoms with Crippen molar-refractivity contribution in [3.63, 3.8) is 0 Å². The minimum Gasteiger partial charge on any atom is -0.480 e. The number of amides is 2. The fourth-order valence-corrected chi connectivity index (χ4v) is 2.60. The highest BCUT2D eigenvalue weighted by atomic mass is 16.4. The molecule has 2 aromatic carbocycles. The Kier molecular flexibility index (Phi) is 5.91. The number of para-hydroxylation sites is 2. The van der Waals surface area contributed by atoms with E-state index in [4.69, 9.17) is 0 Å². The van der Waals surface area contributed by atoms with Gasteiger partial charge in [-0.1, -0.05) is 30.3 Å². The summed E-state index contributed by atoms with van der Waals surface area (Å²) >= 11 is 0. The van der Waals surface area contributed by atoms with Crippen molar-refractivity contribution in [2.45, 2.75) is 12.5 Å². The summed E-state index contributed by atoms with van der Waals surface area (Å²) in [6.07, 6.45) is 1.47. The highest BCUT2D eigenvalue weighted by molar-refractivity contribution is 5.96. The Morgan fingerprint density at radius 3 is 2.36 bits per heavy atom. The minimum absolute atomic E-state index is 0.0223. The number of nitrogens with zero attached hydrogens (tertiary/aromatic N) is 2. The van der Waals surface area contributed by atoms with E-state index in [1.165, 1.54) is 6.20 Å². The number of hydrogen-bond donors (Lipinski definition) is 3. The summed E-state index contributed by atoms with van der Waals surface area (Å²) in [5.74, 6) is -2.22. The van der Waals surface area contributed by atoms with Gasteiger partial charge in [0.2, 0.25) is 5.91 Å². The molecule has 142 valence electrons. The van der Waals surface area contributed by atoms with E-state index in [9.17, 15) is 19.5 Å². The van der Waals surface area contributed by atoms with Gasteiger partial charge in [0.05, 0.1) is 23.3 Å². The highest BCUT2D eigenvalue weighted by Crippen LogP contribution is 2.10. The van der Waals surface area contributed by atoms with Crippen LogP contribution in [0, 0.1) is 0 Å². The van der Waals surface area contributed by atoms with Gasteiger partial charge in [-0.2, -0.15) is 0 Å². The van der Waals surface area contributed by atoms with Gasteiger partial charge in [-0.25, -0.2) is 9.78 Å². The van der Waals surface area contributed by atoms with Crippen molar-refractivity contribution < 1.29 is 19.5 Å². The van der Waals surface area contributed by atoms with Crippen LogP contribution in [0.25, 0.3) is 11.0 Å². The number of aliphatic carboxylic acids is 1. The van der Waals surface area contributed by atoms with E-state index in [1.54, 1.807) is 42.5 Å². The Bertz CT molecular complexity index is 1010. The molecule has 0 aliphatic rings. The smallest absolute Gasteiger partial charge is 0.326 e. The first-order valence-corrected chi connectivity index (χ1v) is 8.59. The van der Waals surface area contributed by atoms with Crippen LogP contribution in [-0.4, -0.2) is 45.4 Å². The molecule has 3 N–H and O–H groups in total. The second kappa shape index (κ2) is 8.72. The molecule has 0 aliphatic heterocycles. The summed E-state index contributed by atoms with van der Waals surface area (Å²) in [6.45, 7) is -0.332. The molecule has 0 saturated heterocycles. The molecule has 8 heteroatoms. The fourth-order valence-electron chi connectivity index (χ4n) is 2.60. The molecular formula is C20H18N4O4. The van der Waals surface area contributed by atoms with Crippen LogP contribution in [0.1, 0.15) is 16.1 Å². The molecule has 0 unspecified atom stereocenters. The van der Waals surface area contributed by atoms with Crippen molar-refractivity contribution in [2.24, 2.45) is 0 Å². The molecule has 0 aliphatic carbocycles. The summed E-state index contributed by atoms with van der Waals surface area (Å²) < 4.78 is 0. The van der Waals surface area contributed by atoms with Crippen LogP contribution in [0.4, 0.5) is 0 Å². The Balaban J connectivity index is 1.59.